The van der Waals surface area contributed by atoms with Crippen LogP contribution in [-0.2, 0) is 4.79 Å². The van der Waals surface area contributed by atoms with Crippen LogP contribution < -0.4 is 11.1 Å². The number of nitrogens with one attached hydrogen (secondary N) is 2. The summed E-state index contributed by atoms with van der Waals surface area (Å²) in [6, 6.07) is 4.48. The predicted octanol–water partition coefficient (Wildman–Crippen LogP) is 5.13. The molecule has 200 valence electrons. The van der Waals surface area contributed by atoms with Crippen LogP contribution in [0.3, 0.4) is 0 Å². The molecule has 2 heterocycles. The molecule has 1 fully saturated rings. The van der Waals surface area contributed by atoms with Crippen molar-refractivity contribution in [2.24, 2.45) is 11.7 Å². The van der Waals surface area contributed by atoms with Gasteiger partial charge in [-0.05, 0) is 43.4 Å². The van der Waals surface area contributed by atoms with E-state index in [9.17, 15) is 31.5 Å². The first kappa shape index (κ1) is 26.6. The van der Waals surface area contributed by atoms with Crippen molar-refractivity contribution in [3.05, 3.63) is 47.1 Å². The Morgan fingerprint density at radius 2 is 1.97 bits per heavy atom. The quantitative estimate of drug-likeness (QED) is 0.350. The maximum absolute atomic E-state index is 13.9. The lowest BCUT2D eigenvalue weighted by molar-refractivity contribution is -0.144. The minimum absolute atomic E-state index is 0.0404. The number of aromatic nitrogens is 3. The van der Waals surface area contributed by atoms with Crippen LogP contribution in [0.4, 0.5) is 22.0 Å². The molecule has 0 unspecified atom stereocenters. The Morgan fingerprint density at radius 1 is 1.27 bits per heavy atom. The van der Waals surface area contributed by atoms with Gasteiger partial charge in [-0.15, -0.1) is 0 Å². The number of carbonyl (C=O) groups is 2. The molecule has 1 saturated carbocycles. The van der Waals surface area contributed by atoms with Crippen molar-refractivity contribution >= 4 is 22.8 Å². The number of hydrogen-bond acceptors (Lipinski definition) is 5. The summed E-state index contributed by atoms with van der Waals surface area (Å²) in [5.41, 5.74) is 7.44. The van der Waals surface area contributed by atoms with Crippen molar-refractivity contribution in [2.45, 2.75) is 69.5 Å². The van der Waals surface area contributed by atoms with Gasteiger partial charge < -0.3 is 20.6 Å². The van der Waals surface area contributed by atoms with Gasteiger partial charge in [0.25, 0.3) is 5.91 Å². The molecule has 37 heavy (non-hydrogen) atoms. The van der Waals surface area contributed by atoms with Crippen LogP contribution in [0.2, 0.25) is 0 Å². The molecule has 3 aromatic rings. The van der Waals surface area contributed by atoms with Crippen molar-refractivity contribution in [2.75, 3.05) is 0 Å². The molecule has 0 aliphatic heterocycles. The van der Waals surface area contributed by atoms with Crippen LogP contribution >= 0.6 is 0 Å². The molecular formula is C24H26F5N5O3. The average Bonchev–Trinajstić information content (AvgIpc) is 3.45. The van der Waals surface area contributed by atoms with Gasteiger partial charge in [0.15, 0.2) is 0 Å². The summed E-state index contributed by atoms with van der Waals surface area (Å²) >= 11 is 0. The Labute approximate surface area is 208 Å². The Bertz CT molecular complexity index is 1280. The zero-order valence-electron chi connectivity index (χ0n) is 19.9. The normalized spacial score (nSPS) is 18.0. The highest BCUT2D eigenvalue weighted by Gasteiger charge is 2.41. The fourth-order valence-corrected chi connectivity index (χ4v) is 4.74. The number of carbonyl (C=O) groups excluding carboxylic acids is 2. The van der Waals surface area contributed by atoms with E-state index in [4.69, 9.17) is 10.3 Å². The van der Waals surface area contributed by atoms with Gasteiger partial charge in [0.05, 0.1) is 29.4 Å². The van der Waals surface area contributed by atoms with Gasteiger partial charge in [0, 0.05) is 19.3 Å². The number of nitrogens with two attached hydrogens (primary N) is 1. The second kappa shape index (κ2) is 10.1. The fourth-order valence-electron chi connectivity index (χ4n) is 4.74. The third kappa shape index (κ3) is 6.25. The van der Waals surface area contributed by atoms with E-state index < -0.39 is 48.7 Å². The number of aromatic amines is 1. The van der Waals surface area contributed by atoms with Crippen LogP contribution in [-0.4, -0.2) is 39.0 Å². The second-order valence-electron chi connectivity index (χ2n) is 9.45. The summed E-state index contributed by atoms with van der Waals surface area (Å²) in [5.74, 6) is -4.84. The van der Waals surface area contributed by atoms with E-state index in [0.717, 1.165) is 6.26 Å². The van der Waals surface area contributed by atoms with Gasteiger partial charge in [0.2, 0.25) is 11.8 Å². The summed E-state index contributed by atoms with van der Waals surface area (Å²) in [7, 11) is 0. The van der Waals surface area contributed by atoms with E-state index in [1.165, 1.54) is 0 Å². The first-order valence-corrected chi connectivity index (χ1v) is 11.8. The van der Waals surface area contributed by atoms with Gasteiger partial charge in [-0.3, -0.25) is 9.59 Å². The lowest BCUT2D eigenvalue weighted by atomic mass is 9.76. The van der Waals surface area contributed by atoms with Crippen LogP contribution in [0.25, 0.3) is 11.0 Å². The fraction of sp³-hybridized carbons (Fsp3) is 0.500. The molecule has 1 aromatic carbocycles. The number of rotatable bonds is 8. The predicted molar refractivity (Wildman–Crippen MR) is 122 cm³/mol. The van der Waals surface area contributed by atoms with Crippen LogP contribution in [0.5, 0.6) is 0 Å². The molecule has 0 radical (unpaired) electrons. The van der Waals surface area contributed by atoms with E-state index in [0.29, 0.717) is 22.4 Å². The van der Waals surface area contributed by atoms with E-state index in [2.05, 4.69) is 20.4 Å². The number of hydrogen-bond donors (Lipinski definition) is 3. The Hall–Kier alpha value is -3.51. The zero-order chi connectivity index (χ0) is 27.0. The Balaban J connectivity index is 1.61. The SMILES string of the molecule is C[C@@H](NC(=O)CCC(F)(F)F)c1ccc2nc([C@H](c3nocc3C(N)=O)C3CCC(F)(F)CC3)[nH]c2c1. The molecule has 0 bridgehead atoms. The van der Waals surface area contributed by atoms with Gasteiger partial charge in [-0.1, -0.05) is 11.2 Å². The maximum atomic E-state index is 13.9. The van der Waals surface area contributed by atoms with Crippen molar-refractivity contribution in [3.63, 3.8) is 0 Å². The molecule has 13 heteroatoms. The number of benzene rings is 1. The molecule has 1 aliphatic carbocycles. The average molecular weight is 527 g/mol. The second-order valence-corrected chi connectivity index (χ2v) is 9.45. The highest BCUT2D eigenvalue weighted by molar-refractivity contribution is 5.93. The van der Waals surface area contributed by atoms with E-state index in [-0.39, 0.29) is 42.9 Å². The number of imidazole rings is 1. The number of amides is 2. The number of alkyl halides is 5. The number of H-pyrrole nitrogens is 1. The highest BCUT2D eigenvalue weighted by atomic mass is 19.4. The summed E-state index contributed by atoms with van der Waals surface area (Å²) in [5, 5.41) is 6.50. The minimum atomic E-state index is -4.42. The minimum Gasteiger partial charge on any atom is -0.365 e. The lowest BCUT2D eigenvalue weighted by Crippen LogP contribution is -2.29. The van der Waals surface area contributed by atoms with Gasteiger partial charge in [-0.2, -0.15) is 13.2 Å². The number of primary amides is 1. The molecule has 0 saturated heterocycles. The summed E-state index contributed by atoms with van der Waals surface area (Å²) in [4.78, 5) is 31.7. The van der Waals surface area contributed by atoms with Crippen LogP contribution in [0.15, 0.2) is 29.0 Å². The highest BCUT2D eigenvalue weighted by Crippen LogP contribution is 2.45. The molecule has 2 aromatic heterocycles. The van der Waals surface area contributed by atoms with Gasteiger partial charge in [0.1, 0.15) is 23.3 Å². The number of fused-ring (bicyclic) bond motifs is 1. The van der Waals surface area contributed by atoms with Crippen molar-refractivity contribution in [3.8, 4) is 0 Å². The van der Waals surface area contributed by atoms with Crippen molar-refractivity contribution in [1.82, 2.24) is 20.4 Å². The van der Waals surface area contributed by atoms with Crippen LogP contribution in [0.1, 0.15) is 84.8 Å². The van der Waals surface area contributed by atoms with Crippen LogP contribution in [0, 0.1) is 5.92 Å². The molecule has 4 N–H and O–H groups in total. The standard InChI is InChI=1S/C24H26F5N5O3/c1-12(31-18(35)6-9-24(27,28)29)14-2-3-16-17(10-14)33-22(32-16)19(13-4-7-23(25,26)8-5-13)20-15(21(30)36)11-37-34-20/h2-3,10-13,19H,4-9H2,1H3,(H2,30,36)(H,31,35)(H,32,33)/t12-,19+/m1/s1. The van der Waals surface area contributed by atoms with E-state index >= 15 is 0 Å². The first-order valence-electron chi connectivity index (χ1n) is 11.8. The number of nitrogens with zero attached hydrogens (tertiary/aromatic N) is 2. The van der Waals surface area contributed by atoms with Gasteiger partial charge in [-0.25, -0.2) is 13.8 Å². The topological polar surface area (TPSA) is 127 Å². The Morgan fingerprint density at radius 3 is 2.62 bits per heavy atom. The first-order chi connectivity index (χ1) is 17.3. The molecule has 1 aliphatic rings. The molecule has 8 nitrogen and oxygen atoms in total. The van der Waals surface area contributed by atoms with Crippen molar-refractivity contribution in [1.29, 1.82) is 0 Å². The van der Waals surface area contributed by atoms with E-state index in [1.807, 2.05) is 0 Å². The maximum Gasteiger partial charge on any atom is 0.389 e. The third-order valence-electron chi connectivity index (χ3n) is 6.72. The molecule has 4 rings (SSSR count). The third-order valence-corrected chi connectivity index (χ3v) is 6.72. The monoisotopic (exact) mass is 527 g/mol. The number of halogens is 5. The summed E-state index contributed by atoms with van der Waals surface area (Å²) in [6.07, 6.45) is -5.47. The smallest absolute Gasteiger partial charge is 0.365 e. The summed E-state index contributed by atoms with van der Waals surface area (Å²) < 4.78 is 69.9. The molecule has 0 spiro atoms. The molecular weight excluding hydrogens is 501 g/mol. The Kier molecular flexibility index (Phi) is 7.24. The van der Waals surface area contributed by atoms with Crippen molar-refractivity contribution < 1.29 is 36.1 Å². The largest absolute Gasteiger partial charge is 0.389 e. The molecule has 2 amide bonds. The van der Waals surface area contributed by atoms with E-state index in [1.54, 1.807) is 25.1 Å². The van der Waals surface area contributed by atoms with Gasteiger partial charge >= 0.3 is 6.18 Å². The molecule has 2 atom stereocenters. The lowest BCUT2D eigenvalue weighted by Gasteiger charge is -2.32. The summed E-state index contributed by atoms with van der Waals surface area (Å²) in [6.45, 7) is 1.64. The zero-order valence-corrected chi connectivity index (χ0v) is 19.9.